The van der Waals surface area contributed by atoms with Crippen molar-refractivity contribution in [2.45, 2.75) is 39.2 Å². The van der Waals surface area contributed by atoms with E-state index < -0.39 is 6.10 Å². The standard InChI is InChI=1S/C18H25N3O2/c1-5-15-10-16(21(4)20-15)18(23)19-11-17(22)14-8-6-13(7-9-14)12(2)3/h6-10,12,17,22H,5,11H2,1-4H3,(H,19,23). The monoisotopic (exact) mass is 315 g/mol. The molecule has 1 atom stereocenters. The van der Waals surface area contributed by atoms with Gasteiger partial charge in [-0.15, -0.1) is 0 Å². The molecular formula is C18H25N3O2. The molecule has 1 aromatic heterocycles. The minimum Gasteiger partial charge on any atom is -0.387 e. The lowest BCUT2D eigenvalue weighted by molar-refractivity contribution is 0.0907. The van der Waals surface area contributed by atoms with Gasteiger partial charge in [0.1, 0.15) is 5.69 Å². The van der Waals surface area contributed by atoms with Crippen molar-refractivity contribution < 1.29 is 9.90 Å². The van der Waals surface area contributed by atoms with Crippen molar-refractivity contribution in [2.75, 3.05) is 6.54 Å². The maximum absolute atomic E-state index is 12.2. The highest BCUT2D eigenvalue weighted by molar-refractivity contribution is 5.92. The summed E-state index contributed by atoms with van der Waals surface area (Å²) in [5, 5.41) is 17.2. The number of benzene rings is 1. The number of rotatable bonds is 6. The molecule has 0 aliphatic carbocycles. The highest BCUT2D eigenvalue weighted by Gasteiger charge is 2.15. The van der Waals surface area contributed by atoms with Crippen LogP contribution >= 0.6 is 0 Å². The first-order valence-electron chi connectivity index (χ1n) is 8.01. The van der Waals surface area contributed by atoms with E-state index in [4.69, 9.17) is 0 Å². The first-order chi connectivity index (χ1) is 10.9. The molecule has 2 aromatic rings. The Morgan fingerprint density at radius 2 is 1.87 bits per heavy atom. The number of aliphatic hydroxyl groups is 1. The predicted molar refractivity (Wildman–Crippen MR) is 90.4 cm³/mol. The van der Waals surface area contributed by atoms with Gasteiger partial charge in [0, 0.05) is 13.6 Å². The van der Waals surface area contributed by atoms with E-state index in [9.17, 15) is 9.90 Å². The molecule has 5 heteroatoms. The van der Waals surface area contributed by atoms with Crippen LogP contribution in [0.15, 0.2) is 30.3 Å². The largest absolute Gasteiger partial charge is 0.387 e. The Balaban J connectivity index is 1.96. The second-order valence-electron chi connectivity index (χ2n) is 6.05. The number of nitrogens with one attached hydrogen (secondary N) is 1. The second-order valence-corrected chi connectivity index (χ2v) is 6.05. The molecule has 0 fully saturated rings. The molecular weight excluding hydrogens is 290 g/mol. The maximum atomic E-state index is 12.2. The quantitative estimate of drug-likeness (QED) is 0.861. The van der Waals surface area contributed by atoms with Gasteiger partial charge in [-0.1, -0.05) is 45.0 Å². The van der Waals surface area contributed by atoms with Crippen molar-refractivity contribution in [3.05, 3.63) is 52.8 Å². The van der Waals surface area contributed by atoms with Crippen molar-refractivity contribution in [3.8, 4) is 0 Å². The summed E-state index contributed by atoms with van der Waals surface area (Å²) in [6, 6.07) is 9.62. The summed E-state index contributed by atoms with van der Waals surface area (Å²) in [7, 11) is 1.75. The molecule has 2 N–H and O–H groups in total. The van der Waals surface area contributed by atoms with E-state index in [2.05, 4.69) is 24.3 Å². The number of aryl methyl sites for hydroxylation is 2. The highest BCUT2D eigenvalue weighted by atomic mass is 16.3. The van der Waals surface area contributed by atoms with Crippen LogP contribution in [0.5, 0.6) is 0 Å². The molecule has 0 aliphatic heterocycles. The van der Waals surface area contributed by atoms with E-state index >= 15 is 0 Å². The van der Waals surface area contributed by atoms with Crippen LogP contribution in [-0.4, -0.2) is 27.3 Å². The molecule has 0 bridgehead atoms. The first kappa shape index (κ1) is 17.2. The number of carbonyl (C=O) groups excluding carboxylic acids is 1. The summed E-state index contributed by atoms with van der Waals surface area (Å²) >= 11 is 0. The van der Waals surface area contributed by atoms with Gasteiger partial charge in [0.2, 0.25) is 0 Å². The van der Waals surface area contributed by atoms with Crippen LogP contribution in [0.1, 0.15) is 60.1 Å². The fourth-order valence-corrected chi connectivity index (χ4v) is 2.41. The molecule has 0 saturated carbocycles. The van der Waals surface area contributed by atoms with Gasteiger partial charge >= 0.3 is 0 Å². The van der Waals surface area contributed by atoms with E-state index in [1.54, 1.807) is 17.8 Å². The van der Waals surface area contributed by atoms with Crippen molar-refractivity contribution in [1.82, 2.24) is 15.1 Å². The topological polar surface area (TPSA) is 67.2 Å². The summed E-state index contributed by atoms with van der Waals surface area (Å²) in [6.45, 7) is 6.43. The van der Waals surface area contributed by atoms with Crippen molar-refractivity contribution in [1.29, 1.82) is 0 Å². The average Bonchev–Trinajstić information content (AvgIpc) is 2.93. The predicted octanol–water partition coefficient (Wildman–Crippen LogP) is 2.57. The molecule has 0 spiro atoms. The molecule has 1 unspecified atom stereocenters. The Labute approximate surface area is 137 Å². The maximum Gasteiger partial charge on any atom is 0.269 e. The number of nitrogens with zero attached hydrogens (tertiary/aromatic N) is 2. The third kappa shape index (κ3) is 4.20. The summed E-state index contributed by atoms with van der Waals surface area (Å²) in [5.74, 6) is 0.232. The highest BCUT2D eigenvalue weighted by Crippen LogP contribution is 2.18. The van der Waals surface area contributed by atoms with Gasteiger partial charge in [0.15, 0.2) is 0 Å². The summed E-state index contributed by atoms with van der Waals surface area (Å²) in [5.41, 5.74) is 3.41. The minimum atomic E-state index is -0.723. The van der Waals surface area contributed by atoms with Crippen LogP contribution in [0.4, 0.5) is 0 Å². The zero-order valence-electron chi connectivity index (χ0n) is 14.2. The molecule has 0 saturated heterocycles. The van der Waals surface area contributed by atoms with Gasteiger partial charge in [-0.2, -0.15) is 5.10 Å². The molecule has 5 nitrogen and oxygen atoms in total. The van der Waals surface area contributed by atoms with Gasteiger partial charge in [0.05, 0.1) is 11.8 Å². The number of hydrogen-bond acceptors (Lipinski definition) is 3. The molecule has 1 heterocycles. The lowest BCUT2D eigenvalue weighted by atomic mass is 10.00. The smallest absolute Gasteiger partial charge is 0.269 e. The number of aliphatic hydroxyl groups excluding tert-OH is 1. The van der Waals surface area contributed by atoms with E-state index in [0.717, 1.165) is 17.7 Å². The Morgan fingerprint density at radius 3 is 2.39 bits per heavy atom. The van der Waals surface area contributed by atoms with E-state index in [-0.39, 0.29) is 12.5 Å². The first-order valence-corrected chi connectivity index (χ1v) is 8.01. The number of hydrogen-bond donors (Lipinski definition) is 2. The Morgan fingerprint density at radius 1 is 1.26 bits per heavy atom. The molecule has 0 aliphatic rings. The van der Waals surface area contributed by atoms with Crippen LogP contribution in [0.2, 0.25) is 0 Å². The van der Waals surface area contributed by atoms with Gasteiger partial charge in [-0.3, -0.25) is 9.48 Å². The zero-order valence-corrected chi connectivity index (χ0v) is 14.2. The minimum absolute atomic E-state index is 0.173. The number of aromatic nitrogens is 2. The second kappa shape index (κ2) is 7.42. The van der Waals surface area contributed by atoms with E-state index in [1.165, 1.54) is 5.56 Å². The Hall–Kier alpha value is -2.14. The Kier molecular flexibility index (Phi) is 5.55. The van der Waals surface area contributed by atoms with E-state index in [0.29, 0.717) is 11.6 Å². The van der Waals surface area contributed by atoms with Gasteiger partial charge in [-0.05, 0) is 29.5 Å². The van der Waals surface area contributed by atoms with Crippen molar-refractivity contribution in [2.24, 2.45) is 7.05 Å². The molecule has 1 aromatic carbocycles. The number of carbonyl (C=O) groups is 1. The van der Waals surface area contributed by atoms with Crippen LogP contribution < -0.4 is 5.32 Å². The van der Waals surface area contributed by atoms with Crippen LogP contribution in [0.25, 0.3) is 0 Å². The molecule has 2 rings (SSSR count). The van der Waals surface area contributed by atoms with Crippen molar-refractivity contribution >= 4 is 5.91 Å². The summed E-state index contributed by atoms with van der Waals surface area (Å²) < 4.78 is 1.57. The Bertz CT molecular complexity index is 659. The van der Waals surface area contributed by atoms with Crippen molar-refractivity contribution in [3.63, 3.8) is 0 Å². The van der Waals surface area contributed by atoms with Crippen LogP contribution in [-0.2, 0) is 13.5 Å². The summed E-state index contributed by atoms with van der Waals surface area (Å²) in [6.07, 6.45) is 0.0606. The molecule has 1 amide bonds. The third-order valence-corrected chi connectivity index (χ3v) is 3.97. The zero-order chi connectivity index (χ0) is 17.0. The van der Waals surface area contributed by atoms with Gasteiger partial charge < -0.3 is 10.4 Å². The third-order valence-electron chi connectivity index (χ3n) is 3.97. The van der Waals surface area contributed by atoms with E-state index in [1.807, 2.05) is 31.2 Å². The van der Waals surface area contributed by atoms with Gasteiger partial charge in [0.25, 0.3) is 5.91 Å². The fourth-order valence-electron chi connectivity index (χ4n) is 2.41. The lowest BCUT2D eigenvalue weighted by Gasteiger charge is -2.13. The molecule has 23 heavy (non-hydrogen) atoms. The average molecular weight is 315 g/mol. The summed E-state index contributed by atoms with van der Waals surface area (Å²) in [4.78, 5) is 12.2. The van der Waals surface area contributed by atoms with Crippen LogP contribution in [0.3, 0.4) is 0 Å². The fraction of sp³-hybridized carbons (Fsp3) is 0.444. The van der Waals surface area contributed by atoms with Gasteiger partial charge in [-0.25, -0.2) is 0 Å². The lowest BCUT2D eigenvalue weighted by Crippen LogP contribution is -2.29. The SMILES string of the molecule is CCc1cc(C(=O)NCC(O)c2ccc(C(C)C)cc2)n(C)n1. The molecule has 0 radical (unpaired) electrons. The molecule has 124 valence electrons. The number of amides is 1. The van der Waals surface area contributed by atoms with Crippen LogP contribution in [0, 0.1) is 0 Å². The normalized spacial score (nSPS) is 12.4.